The van der Waals surface area contributed by atoms with E-state index in [1.54, 1.807) is 6.92 Å². The second-order valence-corrected chi connectivity index (χ2v) is 3.69. The van der Waals surface area contributed by atoms with Gasteiger partial charge in [0, 0.05) is 5.56 Å². The average Bonchev–Trinajstić information content (AvgIpc) is 2.17. The molecule has 1 heterocycles. The molecule has 0 fully saturated rings. The molecule has 2 nitrogen and oxygen atoms in total. The van der Waals surface area contributed by atoms with Crippen molar-refractivity contribution in [3.05, 3.63) is 21.6 Å². The van der Waals surface area contributed by atoms with E-state index in [2.05, 4.69) is 15.9 Å². The summed E-state index contributed by atoms with van der Waals surface area (Å²) in [7, 11) is 0. The molecule has 0 aliphatic carbocycles. The molecule has 0 radical (unpaired) electrons. The van der Waals surface area contributed by atoms with Crippen molar-refractivity contribution in [1.82, 2.24) is 0 Å². The summed E-state index contributed by atoms with van der Waals surface area (Å²) < 4.78 is 6.36. The Morgan fingerprint density at radius 3 is 2.42 bits per heavy atom. The molecule has 0 N–H and O–H groups in total. The van der Waals surface area contributed by atoms with Gasteiger partial charge in [-0.25, -0.2) is 0 Å². The summed E-state index contributed by atoms with van der Waals surface area (Å²) in [5.74, 6) is 1.73. The van der Waals surface area contributed by atoms with Crippen LogP contribution in [0.25, 0.3) is 0 Å². The van der Waals surface area contributed by atoms with Gasteiger partial charge in [0.25, 0.3) is 0 Å². The van der Waals surface area contributed by atoms with E-state index < -0.39 is 0 Å². The van der Waals surface area contributed by atoms with Crippen molar-refractivity contribution in [2.45, 2.75) is 27.2 Å². The third-order valence-electron chi connectivity index (χ3n) is 1.74. The summed E-state index contributed by atoms with van der Waals surface area (Å²) in [4.78, 5) is 10.8. The molecule has 1 rings (SSSR count). The normalized spacial score (nSPS) is 10.3. The predicted octanol–water partition coefficient (Wildman–Crippen LogP) is 2.79. The van der Waals surface area contributed by atoms with Gasteiger partial charge in [-0.2, -0.15) is 0 Å². The summed E-state index contributed by atoms with van der Waals surface area (Å²) in [6, 6.07) is 0. The van der Waals surface area contributed by atoms with E-state index >= 15 is 0 Å². The number of aryl methyl sites for hydroxylation is 1. The highest BCUT2D eigenvalue weighted by Gasteiger charge is 2.12. The van der Waals surface area contributed by atoms with Gasteiger partial charge in [-0.3, -0.25) is 4.79 Å². The number of carbonyl (C=O) groups is 1. The first kappa shape index (κ1) is 9.52. The quantitative estimate of drug-likeness (QED) is 0.783. The minimum Gasteiger partial charge on any atom is -0.464 e. The molecule has 0 unspecified atom stereocenters. The molecule has 3 heteroatoms. The lowest BCUT2D eigenvalue weighted by molar-refractivity contribution is -0.116. The first-order chi connectivity index (χ1) is 5.52. The van der Waals surface area contributed by atoms with Crippen LogP contribution in [0.3, 0.4) is 0 Å². The van der Waals surface area contributed by atoms with Gasteiger partial charge in [-0.15, -0.1) is 0 Å². The molecule has 66 valence electrons. The number of carbonyl (C=O) groups excluding carboxylic acids is 1. The van der Waals surface area contributed by atoms with Gasteiger partial charge in [-0.1, -0.05) is 0 Å². The van der Waals surface area contributed by atoms with Crippen molar-refractivity contribution < 1.29 is 9.21 Å². The maximum Gasteiger partial charge on any atom is 0.137 e. The molecular formula is C9H11BrO2. The zero-order chi connectivity index (χ0) is 9.30. The highest BCUT2D eigenvalue weighted by atomic mass is 79.9. The average molecular weight is 231 g/mol. The van der Waals surface area contributed by atoms with Crippen LogP contribution in [0.15, 0.2) is 8.89 Å². The summed E-state index contributed by atoms with van der Waals surface area (Å²) in [6.07, 6.45) is 0.387. The van der Waals surface area contributed by atoms with Crippen LogP contribution >= 0.6 is 15.9 Å². The van der Waals surface area contributed by atoms with Crippen LogP contribution in [0.4, 0.5) is 0 Å². The van der Waals surface area contributed by atoms with Gasteiger partial charge in [-0.05, 0) is 36.7 Å². The molecule has 0 saturated heterocycles. The van der Waals surface area contributed by atoms with E-state index in [9.17, 15) is 4.79 Å². The predicted molar refractivity (Wildman–Crippen MR) is 50.3 cm³/mol. The summed E-state index contributed by atoms with van der Waals surface area (Å²) >= 11 is 3.38. The van der Waals surface area contributed by atoms with Crippen LogP contribution in [0.5, 0.6) is 0 Å². The summed E-state index contributed by atoms with van der Waals surface area (Å²) in [5.41, 5.74) is 1.03. The Balaban J connectivity index is 3.01. The Bertz CT molecular complexity index is 313. The minimum atomic E-state index is 0.124. The topological polar surface area (TPSA) is 30.2 Å². The Morgan fingerprint density at radius 2 is 2.08 bits per heavy atom. The second-order valence-electron chi connectivity index (χ2n) is 2.90. The molecule has 0 atom stereocenters. The Labute approximate surface area is 80.1 Å². The largest absolute Gasteiger partial charge is 0.464 e. The number of hydrogen-bond acceptors (Lipinski definition) is 2. The first-order valence-corrected chi connectivity index (χ1v) is 4.55. The zero-order valence-electron chi connectivity index (χ0n) is 7.40. The maximum absolute atomic E-state index is 10.8. The van der Waals surface area contributed by atoms with Crippen LogP contribution in [0, 0.1) is 13.8 Å². The molecule has 1 aromatic rings. The van der Waals surface area contributed by atoms with Gasteiger partial charge in [0.15, 0.2) is 0 Å². The fourth-order valence-corrected chi connectivity index (χ4v) is 1.39. The van der Waals surface area contributed by atoms with Crippen molar-refractivity contribution in [2.75, 3.05) is 0 Å². The van der Waals surface area contributed by atoms with Crippen molar-refractivity contribution in [1.29, 1.82) is 0 Å². The fourth-order valence-electron chi connectivity index (χ4n) is 1.09. The van der Waals surface area contributed by atoms with Crippen molar-refractivity contribution in [3.8, 4) is 0 Å². The molecule has 0 aliphatic rings. The number of hydrogen-bond donors (Lipinski definition) is 0. The lowest BCUT2D eigenvalue weighted by Crippen LogP contribution is -1.95. The molecule has 0 aliphatic heterocycles. The van der Waals surface area contributed by atoms with Crippen LogP contribution in [-0.4, -0.2) is 5.78 Å². The molecule has 1 aromatic heterocycles. The zero-order valence-corrected chi connectivity index (χ0v) is 8.99. The third-order valence-corrected chi connectivity index (χ3v) is 2.90. The lowest BCUT2D eigenvalue weighted by Gasteiger charge is -1.92. The van der Waals surface area contributed by atoms with Gasteiger partial charge in [0.2, 0.25) is 0 Å². The van der Waals surface area contributed by atoms with E-state index in [0.29, 0.717) is 6.42 Å². The standard InChI is InChI=1S/C9H11BrO2/c1-5(11)4-8-6(2)9(10)7(3)12-8/h4H2,1-3H3. The van der Waals surface area contributed by atoms with Gasteiger partial charge in [0.1, 0.15) is 17.3 Å². The Hall–Kier alpha value is -0.570. The summed E-state index contributed by atoms with van der Waals surface area (Å²) in [5, 5.41) is 0. The molecule has 0 amide bonds. The number of ketones is 1. The first-order valence-electron chi connectivity index (χ1n) is 3.76. The maximum atomic E-state index is 10.8. The van der Waals surface area contributed by atoms with Crippen LogP contribution in [0.2, 0.25) is 0 Å². The summed E-state index contributed by atoms with van der Waals surface area (Å²) in [6.45, 7) is 5.38. The smallest absolute Gasteiger partial charge is 0.137 e. The van der Waals surface area contributed by atoms with Gasteiger partial charge >= 0.3 is 0 Å². The van der Waals surface area contributed by atoms with E-state index in [4.69, 9.17) is 4.42 Å². The van der Waals surface area contributed by atoms with Crippen molar-refractivity contribution in [2.24, 2.45) is 0 Å². The van der Waals surface area contributed by atoms with E-state index in [1.165, 1.54) is 0 Å². The molecule has 12 heavy (non-hydrogen) atoms. The van der Waals surface area contributed by atoms with E-state index in [0.717, 1.165) is 21.6 Å². The van der Waals surface area contributed by atoms with Crippen molar-refractivity contribution in [3.63, 3.8) is 0 Å². The second kappa shape index (κ2) is 3.44. The number of rotatable bonds is 2. The molecule has 0 bridgehead atoms. The number of Topliss-reactive ketones (excluding diaryl/α,β-unsaturated/α-hetero) is 1. The Morgan fingerprint density at radius 1 is 1.50 bits per heavy atom. The molecule has 0 spiro atoms. The fraction of sp³-hybridized carbons (Fsp3) is 0.444. The number of furan rings is 1. The van der Waals surface area contributed by atoms with E-state index in [-0.39, 0.29) is 5.78 Å². The molecule has 0 saturated carbocycles. The highest BCUT2D eigenvalue weighted by molar-refractivity contribution is 9.10. The SMILES string of the molecule is CC(=O)Cc1oc(C)c(Br)c1C. The van der Waals surface area contributed by atoms with Gasteiger partial charge in [0.05, 0.1) is 10.9 Å². The number of halogens is 1. The Kier molecular flexibility index (Phi) is 2.73. The van der Waals surface area contributed by atoms with E-state index in [1.807, 2.05) is 13.8 Å². The lowest BCUT2D eigenvalue weighted by atomic mass is 10.2. The minimum absolute atomic E-state index is 0.124. The van der Waals surface area contributed by atoms with Crippen LogP contribution in [-0.2, 0) is 11.2 Å². The third kappa shape index (κ3) is 1.78. The van der Waals surface area contributed by atoms with Crippen LogP contribution in [0.1, 0.15) is 24.0 Å². The van der Waals surface area contributed by atoms with Crippen LogP contribution < -0.4 is 0 Å². The monoisotopic (exact) mass is 230 g/mol. The van der Waals surface area contributed by atoms with Gasteiger partial charge < -0.3 is 4.42 Å². The highest BCUT2D eigenvalue weighted by Crippen LogP contribution is 2.27. The molecular weight excluding hydrogens is 220 g/mol. The van der Waals surface area contributed by atoms with Crippen molar-refractivity contribution >= 4 is 21.7 Å². The molecule has 0 aromatic carbocycles.